The molecule has 0 saturated heterocycles. The van der Waals surface area contributed by atoms with Gasteiger partial charge in [0, 0.05) is 17.8 Å². The molecule has 3 aromatic carbocycles. The third-order valence-electron chi connectivity index (χ3n) is 4.89. The molecular weight excluding hydrogens is 412 g/mol. The number of nitrogens with zero attached hydrogens (tertiary/aromatic N) is 3. The van der Waals surface area contributed by atoms with E-state index in [0.29, 0.717) is 17.4 Å². The van der Waals surface area contributed by atoms with Crippen LogP contribution in [0.1, 0.15) is 16.4 Å². The summed E-state index contributed by atoms with van der Waals surface area (Å²) in [5.41, 5.74) is 3.39. The van der Waals surface area contributed by atoms with Crippen LogP contribution in [0.2, 0.25) is 0 Å². The molecule has 0 radical (unpaired) electrons. The molecule has 0 spiro atoms. The van der Waals surface area contributed by atoms with E-state index in [1.165, 1.54) is 23.9 Å². The van der Waals surface area contributed by atoms with Gasteiger partial charge in [-0.25, -0.2) is 9.69 Å². The second-order valence-electron chi connectivity index (χ2n) is 7.00. The van der Waals surface area contributed by atoms with Gasteiger partial charge in [0.15, 0.2) is 5.17 Å². The van der Waals surface area contributed by atoms with Crippen LogP contribution in [0.5, 0.6) is 0 Å². The lowest BCUT2D eigenvalue weighted by Crippen LogP contribution is -2.38. The number of hydrogen-bond donors (Lipinski definition) is 1. The molecule has 1 N–H and O–H groups in total. The molecule has 4 rings (SSSR count). The van der Waals surface area contributed by atoms with Crippen molar-refractivity contribution in [3.05, 3.63) is 100 Å². The SMILES string of the molecule is Cc1ccccc1N(C(=O)Nc1ccccc1)C1=NCC(c2ccc([N+](=O)[O-])cc2)S1. The molecule has 7 nitrogen and oxygen atoms in total. The Morgan fingerprint density at radius 1 is 1.06 bits per heavy atom. The maximum atomic E-state index is 13.3. The van der Waals surface area contributed by atoms with E-state index in [-0.39, 0.29) is 17.0 Å². The molecule has 1 atom stereocenters. The number of amides is 2. The van der Waals surface area contributed by atoms with Gasteiger partial charge >= 0.3 is 6.03 Å². The van der Waals surface area contributed by atoms with Crippen molar-refractivity contribution in [1.29, 1.82) is 0 Å². The fraction of sp³-hybridized carbons (Fsp3) is 0.130. The molecule has 8 heteroatoms. The number of nitrogens with one attached hydrogen (secondary N) is 1. The topological polar surface area (TPSA) is 87.8 Å². The predicted molar refractivity (Wildman–Crippen MR) is 125 cm³/mol. The van der Waals surface area contributed by atoms with E-state index in [1.54, 1.807) is 17.0 Å². The van der Waals surface area contributed by atoms with Crippen molar-refractivity contribution in [2.75, 3.05) is 16.8 Å². The lowest BCUT2D eigenvalue weighted by atomic mass is 10.1. The summed E-state index contributed by atoms with van der Waals surface area (Å²) >= 11 is 1.47. The molecule has 1 heterocycles. The average Bonchev–Trinajstić information content (AvgIpc) is 3.26. The van der Waals surface area contributed by atoms with Crippen LogP contribution < -0.4 is 10.2 Å². The number of anilines is 2. The zero-order chi connectivity index (χ0) is 21.8. The summed E-state index contributed by atoms with van der Waals surface area (Å²) in [7, 11) is 0. The number of urea groups is 1. The maximum Gasteiger partial charge on any atom is 0.332 e. The molecule has 1 aliphatic rings. The normalized spacial score (nSPS) is 15.3. The van der Waals surface area contributed by atoms with E-state index in [2.05, 4.69) is 10.3 Å². The lowest BCUT2D eigenvalue weighted by Gasteiger charge is -2.24. The van der Waals surface area contributed by atoms with Crippen molar-refractivity contribution >= 4 is 40.0 Å². The summed E-state index contributed by atoms with van der Waals surface area (Å²) < 4.78 is 0. The van der Waals surface area contributed by atoms with Crippen molar-refractivity contribution in [1.82, 2.24) is 0 Å². The fourth-order valence-electron chi connectivity index (χ4n) is 3.28. The third-order valence-corrected chi connectivity index (χ3v) is 6.12. The number of benzene rings is 3. The maximum absolute atomic E-state index is 13.3. The number of para-hydroxylation sites is 2. The van der Waals surface area contributed by atoms with Crippen molar-refractivity contribution in [2.24, 2.45) is 4.99 Å². The second kappa shape index (κ2) is 9.01. The molecule has 2 amide bonds. The van der Waals surface area contributed by atoms with Crippen LogP contribution in [-0.2, 0) is 0 Å². The lowest BCUT2D eigenvalue weighted by molar-refractivity contribution is -0.384. The van der Waals surface area contributed by atoms with E-state index in [0.717, 1.165) is 16.8 Å². The van der Waals surface area contributed by atoms with Crippen molar-refractivity contribution in [3.8, 4) is 0 Å². The molecule has 1 aliphatic heterocycles. The minimum absolute atomic E-state index is 0.0214. The Bertz CT molecular complexity index is 1130. The zero-order valence-corrected chi connectivity index (χ0v) is 17.6. The largest absolute Gasteiger partial charge is 0.332 e. The van der Waals surface area contributed by atoms with Gasteiger partial charge in [-0.3, -0.25) is 15.1 Å². The van der Waals surface area contributed by atoms with Gasteiger partial charge in [0.25, 0.3) is 5.69 Å². The first-order valence-electron chi connectivity index (χ1n) is 9.70. The van der Waals surface area contributed by atoms with Gasteiger partial charge in [-0.2, -0.15) is 0 Å². The number of rotatable bonds is 4. The highest BCUT2D eigenvalue weighted by Gasteiger charge is 2.31. The molecule has 31 heavy (non-hydrogen) atoms. The third kappa shape index (κ3) is 4.59. The summed E-state index contributed by atoms with van der Waals surface area (Å²) in [5.74, 6) is 0. The first-order valence-corrected chi connectivity index (χ1v) is 10.6. The van der Waals surface area contributed by atoms with Crippen LogP contribution in [0, 0.1) is 17.0 Å². The number of aliphatic imine (C=N–C) groups is 1. The minimum atomic E-state index is -0.415. The number of hydrogen-bond acceptors (Lipinski definition) is 5. The van der Waals surface area contributed by atoms with Crippen molar-refractivity contribution in [2.45, 2.75) is 12.2 Å². The van der Waals surface area contributed by atoms with Gasteiger partial charge in [0.1, 0.15) is 0 Å². The smallest absolute Gasteiger partial charge is 0.307 e. The van der Waals surface area contributed by atoms with E-state index in [9.17, 15) is 14.9 Å². The number of carbonyl (C=O) groups is 1. The quantitative estimate of drug-likeness (QED) is 0.418. The summed E-state index contributed by atoms with van der Waals surface area (Å²) in [6, 6.07) is 23.1. The number of carbonyl (C=O) groups excluding carboxylic acids is 1. The van der Waals surface area contributed by atoms with Crippen molar-refractivity contribution in [3.63, 3.8) is 0 Å². The Kier molecular flexibility index (Phi) is 5.99. The highest BCUT2D eigenvalue weighted by Crippen LogP contribution is 2.39. The van der Waals surface area contributed by atoms with Crippen LogP contribution in [0.3, 0.4) is 0 Å². The number of non-ortho nitro benzene ring substituents is 1. The van der Waals surface area contributed by atoms with Gasteiger partial charge in [-0.15, -0.1) is 0 Å². The molecule has 0 aliphatic carbocycles. The summed E-state index contributed by atoms with van der Waals surface area (Å²) in [6.07, 6.45) is 0. The van der Waals surface area contributed by atoms with E-state index >= 15 is 0 Å². The van der Waals surface area contributed by atoms with Gasteiger partial charge in [0.2, 0.25) is 0 Å². The fourth-order valence-corrected chi connectivity index (χ4v) is 4.42. The van der Waals surface area contributed by atoms with Crippen LogP contribution in [0.15, 0.2) is 83.9 Å². The molecular formula is C23H20N4O3S. The van der Waals surface area contributed by atoms with E-state index < -0.39 is 4.92 Å². The molecule has 3 aromatic rings. The standard InChI is InChI=1S/C23H20N4O3S/c1-16-7-5-6-10-20(16)26(22(28)25-18-8-3-2-4-9-18)23-24-15-21(31-23)17-11-13-19(14-12-17)27(29)30/h2-14,21H,15H2,1H3,(H,25,28). The highest BCUT2D eigenvalue weighted by atomic mass is 32.2. The monoisotopic (exact) mass is 432 g/mol. The number of aryl methyl sites for hydroxylation is 1. The Morgan fingerprint density at radius 2 is 1.74 bits per heavy atom. The number of nitro benzene ring substituents is 1. The van der Waals surface area contributed by atoms with Crippen molar-refractivity contribution < 1.29 is 9.72 Å². The Hall–Kier alpha value is -3.65. The van der Waals surface area contributed by atoms with Gasteiger partial charge < -0.3 is 5.32 Å². The van der Waals surface area contributed by atoms with Crippen LogP contribution in [0.4, 0.5) is 21.9 Å². The second-order valence-corrected chi connectivity index (χ2v) is 8.17. The Balaban J connectivity index is 1.59. The molecule has 0 aromatic heterocycles. The van der Waals surface area contributed by atoms with Crippen LogP contribution >= 0.6 is 11.8 Å². The minimum Gasteiger partial charge on any atom is -0.307 e. The zero-order valence-electron chi connectivity index (χ0n) is 16.8. The molecule has 1 unspecified atom stereocenters. The number of amidine groups is 1. The summed E-state index contributed by atoms with van der Waals surface area (Å²) in [6.45, 7) is 2.44. The molecule has 156 valence electrons. The molecule has 0 bridgehead atoms. The highest BCUT2D eigenvalue weighted by molar-refractivity contribution is 8.14. The number of thioether (sulfide) groups is 1. The summed E-state index contributed by atoms with van der Waals surface area (Å²) in [4.78, 5) is 30.0. The molecule has 0 fully saturated rings. The molecule has 0 saturated carbocycles. The van der Waals surface area contributed by atoms with Gasteiger partial charge in [0.05, 0.1) is 22.4 Å². The van der Waals surface area contributed by atoms with Gasteiger partial charge in [-0.05, 0) is 36.2 Å². The van der Waals surface area contributed by atoms with E-state index in [4.69, 9.17) is 0 Å². The van der Waals surface area contributed by atoms with Gasteiger partial charge in [-0.1, -0.05) is 60.3 Å². The Morgan fingerprint density at radius 3 is 2.42 bits per heavy atom. The Labute approximate surface area is 184 Å². The van der Waals surface area contributed by atoms with E-state index in [1.807, 2.05) is 61.5 Å². The van der Waals surface area contributed by atoms with Crippen LogP contribution in [-0.4, -0.2) is 22.7 Å². The number of nitro groups is 1. The van der Waals surface area contributed by atoms with Crippen LogP contribution in [0.25, 0.3) is 0 Å². The first-order chi connectivity index (χ1) is 15.0. The predicted octanol–water partition coefficient (Wildman–Crippen LogP) is 5.79. The first kappa shape index (κ1) is 20.6. The average molecular weight is 433 g/mol. The summed E-state index contributed by atoms with van der Waals surface area (Å²) in [5, 5.41) is 14.4.